The Kier molecular flexibility index (Phi) is 3.88. The first-order valence-corrected chi connectivity index (χ1v) is 7.43. The van der Waals surface area contributed by atoms with Gasteiger partial charge in [0.05, 0.1) is 4.92 Å². The molecule has 1 aromatic rings. The second-order valence-corrected chi connectivity index (χ2v) is 6.07. The van der Waals surface area contributed by atoms with E-state index in [1.165, 1.54) is 16.6 Å². The Morgan fingerprint density at radius 3 is 2.40 bits per heavy atom. The lowest BCUT2D eigenvalue weighted by Crippen LogP contribution is -2.51. The van der Waals surface area contributed by atoms with E-state index in [0.29, 0.717) is 24.5 Å². The van der Waals surface area contributed by atoms with E-state index in [-0.39, 0.29) is 18.8 Å². The number of nitro groups is 1. The van der Waals surface area contributed by atoms with Crippen molar-refractivity contribution in [2.24, 2.45) is 5.14 Å². The molecule has 2 heterocycles. The minimum atomic E-state index is -3.66. The van der Waals surface area contributed by atoms with E-state index < -0.39 is 15.1 Å². The van der Waals surface area contributed by atoms with Crippen molar-refractivity contribution in [3.05, 3.63) is 27.9 Å². The molecule has 1 aliphatic rings. The fourth-order valence-corrected chi connectivity index (χ4v) is 2.81. The van der Waals surface area contributed by atoms with Gasteiger partial charge in [-0.15, -0.1) is 0 Å². The number of anilines is 1. The third-order valence-corrected chi connectivity index (χ3v) is 4.23. The van der Waals surface area contributed by atoms with Crippen LogP contribution in [-0.2, 0) is 10.2 Å². The van der Waals surface area contributed by atoms with Crippen LogP contribution in [0.1, 0.15) is 5.56 Å². The minimum Gasteiger partial charge on any atom is -0.354 e. The maximum absolute atomic E-state index is 11.2. The molecule has 10 heteroatoms. The third-order valence-electron chi connectivity index (χ3n) is 3.15. The van der Waals surface area contributed by atoms with E-state index in [2.05, 4.69) is 4.98 Å². The molecule has 9 nitrogen and oxygen atoms in total. The predicted molar refractivity (Wildman–Crippen MR) is 72.5 cm³/mol. The molecule has 0 saturated carbocycles. The lowest BCUT2D eigenvalue weighted by Gasteiger charge is -2.34. The second kappa shape index (κ2) is 5.31. The first kappa shape index (κ1) is 14.6. The van der Waals surface area contributed by atoms with Crippen LogP contribution in [0.4, 0.5) is 11.5 Å². The quantitative estimate of drug-likeness (QED) is 0.600. The summed E-state index contributed by atoms with van der Waals surface area (Å²) >= 11 is 0. The lowest BCUT2D eigenvalue weighted by atomic mass is 10.2. The minimum absolute atomic E-state index is 0.0607. The summed E-state index contributed by atoms with van der Waals surface area (Å²) in [7, 11) is -3.66. The topological polar surface area (TPSA) is 123 Å². The number of aromatic nitrogens is 1. The summed E-state index contributed by atoms with van der Waals surface area (Å²) in [6.07, 6.45) is 1.20. The fraction of sp³-hybridized carbons (Fsp3) is 0.500. The molecule has 2 rings (SSSR count). The van der Waals surface area contributed by atoms with Crippen LogP contribution < -0.4 is 10.0 Å². The van der Waals surface area contributed by atoms with Crippen molar-refractivity contribution in [3.63, 3.8) is 0 Å². The van der Waals surface area contributed by atoms with Crippen LogP contribution in [0.5, 0.6) is 0 Å². The number of nitrogens with zero attached hydrogens (tertiary/aromatic N) is 4. The predicted octanol–water partition coefficient (Wildman–Crippen LogP) is -0.376. The summed E-state index contributed by atoms with van der Waals surface area (Å²) in [6.45, 7) is 3.18. The van der Waals surface area contributed by atoms with Crippen molar-refractivity contribution < 1.29 is 13.3 Å². The van der Waals surface area contributed by atoms with Gasteiger partial charge in [-0.2, -0.15) is 12.7 Å². The van der Waals surface area contributed by atoms with Gasteiger partial charge in [-0.25, -0.2) is 10.1 Å². The second-order valence-electron chi connectivity index (χ2n) is 4.52. The van der Waals surface area contributed by atoms with Gasteiger partial charge in [0.25, 0.3) is 15.9 Å². The Morgan fingerprint density at radius 1 is 1.35 bits per heavy atom. The molecule has 2 N–H and O–H groups in total. The molecule has 0 aromatic carbocycles. The van der Waals surface area contributed by atoms with Crippen molar-refractivity contribution in [2.75, 3.05) is 31.1 Å². The number of nitrogens with two attached hydrogens (primary N) is 1. The number of hydrogen-bond donors (Lipinski definition) is 1. The Bertz CT molecular complexity index is 625. The van der Waals surface area contributed by atoms with Crippen LogP contribution in [-0.4, -0.2) is 48.8 Å². The monoisotopic (exact) mass is 301 g/mol. The summed E-state index contributed by atoms with van der Waals surface area (Å²) in [5.41, 5.74) is 0.623. The Hall–Kier alpha value is -1.78. The molecule has 20 heavy (non-hydrogen) atoms. The third kappa shape index (κ3) is 3.03. The number of aryl methyl sites for hydroxylation is 1. The average molecular weight is 301 g/mol. The van der Waals surface area contributed by atoms with E-state index in [9.17, 15) is 18.5 Å². The van der Waals surface area contributed by atoms with Gasteiger partial charge in [-0.3, -0.25) is 10.1 Å². The molecule has 0 atom stereocenters. The molecule has 1 saturated heterocycles. The van der Waals surface area contributed by atoms with Crippen molar-refractivity contribution in [3.8, 4) is 0 Å². The zero-order chi connectivity index (χ0) is 14.9. The van der Waals surface area contributed by atoms with Crippen LogP contribution >= 0.6 is 0 Å². The molecule has 0 radical (unpaired) electrons. The zero-order valence-electron chi connectivity index (χ0n) is 10.9. The van der Waals surface area contributed by atoms with Crippen molar-refractivity contribution in [1.29, 1.82) is 0 Å². The van der Waals surface area contributed by atoms with Crippen LogP contribution in [0.25, 0.3) is 0 Å². The molecule has 0 unspecified atom stereocenters. The van der Waals surface area contributed by atoms with Gasteiger partial charge < -0.3 is 4.90 Å². The van der Waals surface area contributed by atoms with Gasteiger partial charge in [0, 0.05) is 32.2 Å². The summed E-state index contributed by atoms with van der Waals surface area (Å²) in [4.78, 5) is 16.1. The van der Waals surface area contributed by atoms with Gasteiger partial charge in [0.15, 0.2) is 0 Å². The molecular formula is C10H15N5O4S. The molecule has 1 aliphatic heterocycles. The maximum Gasteiger partial charge on any atom is 0.287 e. The number of pyridine rings is 1. The largest absolute Gasteiger partial charge is 0.354 e. The van der Waals surface area contributed by atoms with E-state index in [1.54, 1.807) is 6.92 Å². The van der Waals surface area contributed by atoms with Crippen molar-refractivity contribution in [2.45, 2.75) is 6.92 Å². The fourth-order valence-electron chi connectivity index (χ4n) is 2.14. The van der Waals surface area contributed by atoms with Gasteiger partial charge in [-0.1, -0.05) is 0 Å². The number of piperazine rings is 1. The van der Waals surface area contributed by atoms with E-state index in [0.717, 1.165) is 0 Å². The molecular weight excluding hydrogens is 286 g/mol. The highest BCUT2D eigenvalue weighted by molar-refractivity contribution is 7.86. The summed E-state index contributed by atoms with van der Waals surface area (Å²) in [6, 6.07) is 1.45. The first-order chi connectivity index (χ1) is 9.29. The van der Waals surface area contributed by atoms with Gasteiger partial charge in [0.2, 0.25) is 0 Å². The SMILES string of the molecule is Cc1cc([N+](=O)[O-])cnc1N1CCN(S(N)(=O)=O)CC1. The van der Waals surface area contributed by atoms with Gasteiger partial charge >= 0.3 is 0 Å². The average Bonchev–Trinajstić information content (AvgIpc) is 2.37. The Morgan fingerprint density at radius 2 is 1.95 bits per heavy atom. The Balaban J connectivity index is 2.13. The summed E-state index contributed by atoms with van der Waals surface area (Å²) in [5, 5.41) is 15.7. The Labute approximate surface area is 116 Å². The molecule has 0 spiro atoms. The normalized spacial score (nSPS) is 17.2. The van der Waals surface area contributed by atoms with E-state index in [4.69, 9.17) is 5.14 Å². The maximum atomic E-state index is 11.2. The van der Waals surface area contributed by atoms with E-state index >= 15 is 0 Å². The van der Waals surface area contributed by atoms with Gasteiger partial charge in [-0.05, 0) is 12.5 Å². The van der Waals surface area contributed by atoms with Crippen LogP contribution in [0.3, 0.4) is 0 Å². The van der Waals surface area contributed by atoms with Crippen LogP contribution in [0.15, 0.2) is 12.3 Å². The smallest absolute Gasteiger partial charge is 0.287 e. The molecule has 0 bridgehead atoms. The highest BCUT2D eigenvalue weighted by atomic mass is 32.2. The van der Waals surface area contributed by atoms with Crippen molar-refractivity contribution >= 4 is 21.7 Å². The van der Waals surface area contributed by atoms with Crippen LogP contribution in [0, 0.1) is 17.0 Å². The standard InChI is InChI=1S/C10H15N5O4S/c1-8-6-9(15(16)17)7-12-10(8)13-2-4-14(5-3-13)20(11,18)19/h6-7H,2-5H2,1H3,(H2,11,18,19). The molecule has 0 aliphatic carbocycles. The zero-order valence-corrected chi connectivity index (χ0v) is 11.7. The first-order valence-electron chi connectivity index (χ1n) is 5.93. The van der Waals surface area contributed by atoms with Gasteiger partial charge in [0.1, 0.15) is 12.0 Å². The molecule has 1 fully saturated rings. The van der Waals surface area contributed by atoms with E-state index in [1.807, 2.05) is 4.90 Å². The van der Waals surface area contributed by atoms with Crippen LogP contribution in [0.2, 0.25) is 0 Å². The molecule has 110 valence electrons. The van der Waals surface area contributed by atoms with Crippen molar-refractivity contribution in [1.82, 2.24) is 9.29 Å². The summed E-state index contributed by atoms with van der Waals surface area (Å²) in [5.74, 6) is 0.629. The highest BCUT2D eigenvalue weighted by Gasteiger charge is 2.25. The molecule has 1 aromatic heterocycles. The lowest BCUT2D eigenvalue weighted by molar-refractivity contribution is -0.385. The summed E-state index contributed by atoms with van der Waals surface area (Å²) < 4.78 is 23.6. The highest BCUT2D eigenvalue weighted by Crippen LogP contribution is 2.22. The number of rotatable bonds is 3. The molecule has 0 amide bonds. The number of hydrogen-bond acceptors (Lipinski definition) is 6.